The first-order chi connectivity index (χ1) is 7.61. The van der Waals surface area contributed by atoms with Gasteiger partial charge < -0.3 is 14.6 Å². The quantitative estimate of drug-likeness (QED) is 0.583. The maximum atomic E-state index is 11.6. The number of aromatic nitrogens is 1. The van der Waals surface area contributed by atoms with Crippen LogP contribution in [-0.4, -0.2) is 30.2 Å². The highest BCUT2D eigenvalue weighted by Crippen LogP contribution is 1.98. The number of hydrogen-bond acceptors (Lipinski definition) is 2. The van der Waals surface area contributed by atoms with E-state index in [1.807, 2.05) is 26.2 Å². The highest BCUT2D eigenvalue weighted by Gasteiger charge is 2.06. The second-order valence-corrected chi connectivity index (χ2v) is 3.77. The first-order valence-corrected chi connectivity index (χ1v) is 5.23. The summed E-state index contributed by atoms with van der Waals surface area (Å²) in [5, 5.41) is 2.79. The molecule has 0 aliphatic carbocycles. The molecule has 1 rings (SSSR count). The summed E-state index contributed by atoms with van der Waals surface area (Å²) < 4.78 is 7.05. The Bertz CT molecular complexity index is 369. The van der Waals surface area contributed by atoms with Crippen molar-refractivity contribution in [2.24, 2.45) is 7.05 Å². The van der Waals surface area contributed by atoms with Crippen LogP contribution in [0.5, 0.6) is 0 Å². The molecule has 1 aromatic heterocycles. The fourth-order valence-electron chi connectivity index (χ4n) is 1.27. The number of rotatable bonds is 6. The Kier molecular flexibility index (Phi) is 4.79. The molecule has 4 heteroatoms. The van der Waals surface area contributed by atoms with Crippen LogP contribution in [0, 0.1) is 0 Å². The molecule has 88 valence electrons. The van der Waals surface area contributed by atoms with Gasteiger partial charge in [-0.05, 0) is 19.1 Å². The van der Waals surface area contributed by atoms with Crippen molar-refractivity contribution in [1.82, 2.24) is 9.88 Å². The second-order valence-electron chi connectivity index (χ2n) is 3.77. The molecule has 0 saturated carbocycles. The molecule has 0 radical (unpaired) electrons. The molecule has 1 heterocycles. The summed E-state index contributed by atoms with van der Waals surface area (Å²) in [6, 6.07) is 3.62. The van der Waals surface area contributed by atoms with Crippen LogP contribution in [0.3, 0.4) is 0 Å². The lowest BCUT2D eigenvalue weighted by atomic mass is 10.4. The van der Waals surface area contributed by atoms with Gasteiger partial charge in [0.15, 0.2) is 0 Å². The van der Waals surface area contributed by atoms with Crippen molar-refractivity contribution in [1.29, 1.82) is 0 Å². The van der Waals surface area contributed by atoms with Gasteiger partial charge in [0.05, 0.1) is 13.2 Å². The molecule has 0 aromatic carbocycles. The molecule has 0 bridgehead atoms. The van der Waals surface area contributed by atoms with Crippen LogP contribution in [0.15, 0.2) is 30.5 Å². The monoisotopic (exact) mass is 222 g/mol. The number of nitrogens with one attached hydrogen (secondary N) is 1. The zero-order valence-electron chi connectivity index (χ0n) is 9.82. The summed E-state index contributed by atoms with van der Waals surface area (Å²) in [4.78, 5) is 11.6. The lowest BCUT2D eigenvalue weighted by Gasteiger charge is -2.06. The van der Waals surface area contributed by atoms with Crippen molar-refractivity contribution in [3.63, 3.8) is 0 Å². The van der Waals surface area contributed by atoms with E-state index in [0.29, 0.717) is 25.5 Å². The third-order valence-corrected chi connectivity index (χ3v) is 2.06. The Morgan fingerprint density at radius 1 is 1.62 bits per heavy atom. The van der Waals surface area contributed by atoms with E-state index in [4.69, 9.17) is 4.74 Å². The van der Waals surface area contributed by atoms with Crippen LogP contribution in [0.2, 0.25) is 0 Å². The van der Waals surface area contributed by atoms with Gasteiger partial charge in [-0.3, -0.25) is 4.79 Å². The number of hydrogen-bond donors (Lipinski definition) is 1. The molecule has 0 saturated heterocycles. The Morgan fingerprint density at radius 2 is 2.38 bits per heavy atom. The van der Waals surface area contributed by atoms with E-state index in [2.05, 4.69) is 11.9 Å². The number of ether oxygens (including phenoxy) is 1. The Morgan fingerprint density at radius 3 is 2.94 bits per heavy atom. The first kappa shape index (κ1) is 12.5. The zero-order valence-corrected chi connectivity index (χ0v) is 9.82. The van der Waals surface area contributed by atoms with Crippen molar-refractivity contribution in [3.8, 4) is 0 Å². The van der Waals surface area contributed by atoms with Gasteiger partial charge in [-0.2, -0.15) is 0 Å². The van der Waals surface area contributed by atoms with Gasteiger partial charge in [0, 0.05) is 19.8 Å². The lowest BCUT2D eigenvalue weighted by molar-refractivity contribution is 0.0919. The fourth-order valence-corrected chi connectivity index (χ4v) is 1.27. The number of amides is 1. The highest BCUT2D eigenvalue weighted by atomic mass is 16.5. The summed E-state index contributed by atoms with van der Waals surface area (Å²) in [5.74, 6) is -0.0774. The van der Waals surface area contributed by atoms with Crippen LogP contribution in [0.25, 0.3) is 0 Å². The molecule has 0 spiro atoms. The minimum Gasteiger partial charge on any atom is -0.375 e. The predicted molar refractivity (Wildman–Crippen MR) is 63.4 cm³/mol. The second kappa shape index (κ2) is 6.12. The van der Waals surface area contributed by atoms with Crippen LogP contribution < -0.4 is 5.32 Å². The molecule has 0 aliphatic heterocycles. The van der Waals surface area contributed by atoms with Crippen molar-refractivity contribution in [2.75, 3.05) is 19.8 Å². The van der Waals surface area contributed by atoms with Crippen LogP contribution in [0.4, 0.5) is 0 Å². The van der Waals surface area contributed by atoms with Crippen molar-refractivity contribution < 1.29 is 9.53 Å². The summed E-state index contributed by atoms with van der Waals surface area (Å²) in [6.07, 6.45) is 1.84. The van der Waals surface area contributed by atoms with Gasteiger partial charge in [-0.1, -0.05) is 12.2 Å². The SMILES string of the molecule is C=C(C)COCCNC(=O)c1cccn1C. The van der Waals surface area contributed by atoms with Crippen molar-refractivity contribution >= 4 is 5.91 Å². The van der Waals surface area contributed by atoms with Crippen molar-refractivity contribution in [2.45, 2.75) is 6.92 Å². The van der Waals surface area contributed by atoms with E-state index in [9.17, 15) is 4.79 Å². The molecular weight excluding hydrogens is 204 g/mol. The molecule has 0 aliphatic rings. The van der Waals surface area contributed by atoms with Crippen molar-refractivity contribution in [3.05, 3.63) is 36.2 Å². The standard InChI is InChI=1S/C12H18N2O2/c1-10(2)9-16-8-6-13-12(15)11-5-4-7-14(11)3/h4-5,7H,1,6,8-9H2,2-3H3,(H,13,15). The van der Waals surface area contributed by atoms with E-state index in [-0.39, 0.29) is 5.91 Å². The Hall–Kier alpha value is -1.55. The topological polar surface area (TPSA) is 43.3 Å². The largest absolute Gasteiger partial charge is 0.375 e. The third-order valence-electron chi connectivity index (χ3n) is 2.06. The third kappa shape index (κ3) is 3.90. The van der Waals surface area contributed by atoms with E-state index in [1.54, 1.807) is 10.6 Å². The van der Waals surface area contributed by atoms with Crippen LogP contribution in [-0.2, 0) is 11.8 Å². The number of carbonyl (C=O) groups excluding carboxylic acids is 1. The minimum atomic E-state index is -0.0774. The van der Waals surface area contributed by atoms with E-state index in [0.717, 1.165) is 5.57 Å². The minimum absolute atomic E-state index is 0.0774. The summed E-state index contributed by atoms with van der Waals surface area (Å²) >= 11 is 0. The average molecular weight is 222 g/mol. The fraction of sp³-hybridized carbons (Fsp3) is 0.417. The molecule has 1 amide bonds. The molecule has 0 atom stereocenters. The van der Waals surface area contributed by atoms with E-state index < -0.39 is 0 Å². The van der Waals surface area contributed by atoms with Gasteiger partial charge >= 0.3 is 0 Å². The molecule has 16 heavy (non-hydrogen) atoms. The maximum absolute atomic E-state index is 11.6. The van der Waals surface area contributed by atoms with Gasteiger partial charge in [-0.15, -0.1) is 0 Å². The molecule has 1 aromatic rings. The lowest BCUT2D eigenvalue weighted by Crippen LogP contribution is -2.28. The number of aryl methyl sites for hydroxylation is 1. The molecular formula is C12H18N2O2. The van der Waals surface area contributed by atoms with Gasteiger partial charge in [0.2, 0.25) is 0 Å². The normalized spacial score (nSPS) is 10.1. The molecule has 0 fully saturated rings. The van der Waals surface area contributed by atoms with E-state index in [1.165, 1.54) is 0 Å². The summed E-state index contributed by atoms with van der Waals surface area (Å²) in [5.41, 5.74) is 1.63. The zero-order chi connectivity index (χ0) is 12.0. The summed E-state index contributed by atoms with van der Waals surface area (Å²) in [6.45, 7) is 7.19. The highest BCUT2D eigenvalue weighted by molar-refractivity contribution is 5.92. The van der Waals surface area contributed by atoms with E-state index >= 15 is 0 Å². The smallest absolute Gasteiger partial charge is 0.267 e. The molecule has 0 unspecified atom stereocenters. The number of nitrogens with zero attached hydrogens (tertiary/aromatic N) is 1. The van der Waals surface area contributed by atoms with Gasteiger partial charge in [0.25, 0.3) is 5.91 Å². The average Bonchev–Trinajstić information content (AvgIpc) is 2.63. The molecule has 4 nitrogen and oxygen atoms in total. The summed E-state index contributed by atoms with van der Waals surface area (Å²) in [7, 11) is 1.84. The molecule has 1 N–H and O–H groups in total. The Labute approximate surface area is 95.9 Å². The maximum Gasteiger partial charge on any atom is 0.267 e. The number of carbonyl (C=O) groups is 1. The van der Waals surface area contributed by atoms with Gasteiger partial charge in [0.1, 0.15) is 5.69 Å². The van der Waals surface area contributed by atoms with Crippen LogP contribution >= 0.6 is 0 Å². The predicted octanol–water partition coefficient (Wildman–Crippen LogP) is 1.35. The van der Waals surface area contributed by atoms with Gasteiger partial charge in [-0.25, -0.2) is 0 Å². The first-order valence-electron chi connectivity index (χ1n) is 5.23. The Balaban J connectivity index is 2.21. The van der Waals surface area contributed by atoms with Crippen LogP contribution in [0.1, 0.15) is 17.4 Å².